The zero-order valence-electron chi connectivity index (χ0n) is 13.3. The second-order valence-corrected chi connectivity index (χ2v) is 10.3. The molecule has 7 heteroatoms. The third kappa shape index (κ3) is 2.17. The second-order valence-electron chi connectivity index (χ2n) is 7.91. The fourth-order valence-corrected chi connectivity index (χ4v) is 7.67. The van der Waals surface area contributed by atoms with Crippen molar-refractivity contribution in [3.8, 4) is 5.75 Å². The van der Waals surface area contributed by atoms with Crippen LogP contribution in [0.5, 0.6) is 5.75 Å². The minimum absolute atomic E-state index is 0.0398. The lowest BCUT2D eigenvalue weighted by Crippen LogP contribution is -2.67. The van der Waals surface area contributed by atoms with E-state index in [4.69, 9.17) is 9.47 Å². The molecule has 0 aromatic heterocycles. The van der Waals surface area contributed by atoms with Gasteiger partial charge in [0.15, 0.2) is 5.75 Å². The summed E-state index contributed by atoms with van der Waals surface area (Å²) in [4.78, 5) is 24.7. The van der Waals surface area contributed by atoms with Gasteiger partial charge in [-0.05, 0) is 95.3 Å². The molecule has 4 bridgehead atoms. The largest absolute Gasteiger partial charge is 0.481 e. The van der Waals surface area contributed by atoms with Gasteiger partial charge in [-0.1, -0.05) is 0 Å². The van der Waals surface area contributed by atoms with Crippen LogP contribution in [0.15, 0.2) is 12.1 Å². The Bertz CT molecular complexity index is 804. The fraction of sp³-hybridized carbons (Fsp3) is 0.556. The van der Waals surface area contributed by atoms with E-state index in [1.165, 1.54) is 0 Å². The quantitative estimate of drug-likeness (QED) is 0.411. The van der Waals surface area contributed by atoms with Gasteiger partial charge < -0.3 is 14.6 Å². The van der Waals surface area contributed by atoms with Gasteiger partial charge in [0.1, 0.15) is 5.56 Å². The minimum Gasteiger partial charge on any atom is -0.481 e. The van der Waals surface area contributed by atoms with Gasteiger partial charge in [0.2, 0.25) is 0 Å². The summed E-state index contributed by atoms with van der Waals surface area (Å²) < 4.78 is 14.2. The molecular weight excluding hydrogens is 550 g/mol. The molecule has 1 aromatic rings. The van der Waals surface area contributed by atoms with Crippen LogP contribution in [0.3, 0.4) is 0 Å². The van der Waals surface area contributed by atoms with Crippen LogP contribution in [-0.4, -0.2) is 22.8 Å². The molecule has 4 saturated carbocycles. The first-order valence-electron chi connectivity index (χ1n) is 8.48. The van der Waals surface area contributed by atoms with E-state index in [2.05, 4.69) is 45.2 Å². The van der Waals surface area contributed by atoms with Crippen LogP contribution >= 0.6 is 45.2 Å². The summed E-state index contributed by atoms with van der Waals surface area (Å²) in [5.41, 5.74) is -0.180. The number of rotatable bonds is 1. The molecule has 1 aromatic carbocycles. The van der Waals surface area contributed by atoms with Crippen molar-refractivity contribution in [1.29, 1.82) is 0 Å². The molecule has 1 heterocycles. The molecule has 0 radical (unpaired) electrons. The third-order valence-corrected chi connectivity index (χ3v) is 7.95. The number of carbonyl (C=O) groups is 2. The van der Waals surface area contributed by atoms with Gasteiger partial charge in [0.05, 0.1) is 8.99 Å². The highest BCUT2D eigenvalue weighted by molar-refractivity contribution is 14.1. The van der Waals surface area contributed by atoms with E-state index in [9.17, 15) is 14.7 Å². The summed E-state index contributed by atoms with van der Waals surface area (Å²) in [6, 6.07) is 3.78. The van der Waals surface area contributed by atoms with E-state index in [-0.39, 0.29) is 17.8 Å². The van der Waals surface area contributed by atoms with Crippen molar-refractivity contribution < 1.29 is 24.2 Å². The van der Waals surface area contributed by atoms with Crippen molar-refractivity contribution in [2.75, 3.05) is 0 Å². The number of carboxylic acids is 1. The number of ether oxygens (including phenoxy) is 2. The number of benzene rings is 1. The molecule has 1 spiro atoms. The zero-order chi connectivity index (χ0) is 17.6. The lowest BCUT2D eigenvalue weighted by Gasteiger charge is -2.62. The third-order valence-electron chi connectivity index (χ3n) is 6.52. The molecule has 6 rings (SSSR count). The van der Waals surface area contributed by atoms with E-state index in [1.807, 2.05) is 6.07 Å². The first-order valence-corrected chi connectivity index (χ1v) is 10.6. The fourth-order valence-electron chi connectivity index (χ4n) is 5.72. The van der Waals surface area contributed by atoms with Crippen molar-refractivity contribution in [2.45, 2.75) is 37.9 Å². The predicted molar refractivity (Wildman–Crippen MR) is 104 cm³/mol. The Labute approximate surface area is 172 Å². The minimum atomic E-state index is -0.979. The van der Waals surface area contributed by atoms with Gasteiger partial charge in [-0.2, -0.15) is 0 Å². The summed E-state index contributed by atoms with van der Waals surface area (Å²) in [5.74, 6) is -1.09. The van der Waals surface area contributed by atoms with Crippen LogP contribution in [0.1, 0.15) is 42.5 Å². The highest BCUT2D eigenvalue weighted by atomic mass is 127. The Kier molecular flexibility index (Phi) is 3.47. The molecule has 25 heavy (non-hydrogen) atoms. The Balaban J connectivity index is 1.60. The molecule has 5 nitrogen and oxygen atoms in total. The van der Waals surface area contributed by atoms with Crippen molar-refractivity contribution in [3.63, 3.8) is 0 Å². The Hall–Kier alpha value is -0.580. The average molecular weight is 566 g/mol. The Morgan fingerprint density at radius 3 is 2.44 bits per heavy atom. The average Bonchev–Trinajstić information content (AvgIpc) is 2.53. The second kappa shape index (κ2) is 5.24. The van der Waals surface area contributed by atoms with Gasteiger partial charge in [-0.15, -0.1) is 0 Å². The summed E-state index contributed by atoms with van der Waals surface area (Å²) >= 11 is 4.38. The maximum atomic E-state index is 12.8. The number of hydrogen-bond donors (Lipinski definition) is 1. The van der Waals surface area contributed by atoms with Crippen LogP contribution in [0.2, 0.25) is 0 Å². The standard InChI is InChI=1S/C18H16I2O5/c19-11-3-12-14(13(20)4-11)24-18(25-15(12)21)9-1-8-2-10(18)7-17(5-8,6-9)16(22)23/h3-4,8-10H,1-2,5-7H2,(H,22,23). The maximum absolute atomic E-state index is 12.8. The van der Waals surface area contributed by atoms with Crippen LogP contribution in [0, 0.1) is 30.3 Å². The molecule has 0 saturated heterocycles. The van der Waals surface area contributed by atoms with Crippen molar-refractivity contribution >= 4 is 57.1 Å². The zero-order valence-corrected chi connectivity index (χ0v) is 17.6. The topological polar surface area (TPSA) is 72.8 Å². The highest BCUT2D eigenvalue weighted by Gasteiger charge is 2.69. The monoisotopic (exact) mass is 566 g/mol. The van der Waals surface area contributed by atoms with Crippen LogP contribution in [0.4, 0.5) is 0 Å². The van der Waals surface area contributed by atoms with E-state index in [0.29, 0.717) is 30.1 Å². The van der Waals surface area contributed by atoms with Crippen molar-refractivity contribution in [3.05, 3.63) is 24.8 Å². The van der Waals surface area contributed by atoms with E-state index >= 15 is 0 Å². The number of halogens is 2. The SMILES string of the molecule is O=C1OC2(Oc3c(I)cc(I)cc31)C1CC3CC2CC(C(=O)O)(C3)C1. The molecule has 4 aliphatic carbocycles. The van der Waals surface area contributed by atoms with Crippen LogP contribution < -0.4 is 4.74 Å². The summed E-state index contributed by atoms with van der Waals surface area (Å²) in [5, 5.41) is 9.80. The smallest absolute Gasteiger partial charge is 0.345 e. The van der Waals surface area contributed by atoms with Gasteiger partial charge in [0.25, 0.3) is 5.79 Å². The summed E-state index contributed by atoms with van der Waals surface area (Å²) in [6.45, 7) is 0. The van der Waals surface area contributed by atoms with Gasteiger partial charge in [0, 0.05) is 15.4 Å². The normalized spacial score (nSPS) is 40.6. The van der Waals surface area contributed by atoms with E-state index < -0.39 is 17.2 Å². The van der Waals surface area contributed by atoms with Crippen molar-refractivity contribution in [2.24, 2.45) is 23.2 Å². The number of carbonyl (C=O) groups excluding carboxylic acids is 1. The number of fused-ring (bicyclic) bond motifs is 1. The molecule has 5 aliphatic rings. The summed E-state index contributed by atoms with van der Waals surface area (Å²) in [6.07, 6.45) is 3.60. The lowest BCUT2D eigenvalue weighted by molar-refractivity contribution is -0.293. The number of carboxylic acid groups (broad SMARTS) is 1. The number of esters is 1. The Morgan fingerprint density at radius 2 is 1.80 bits per heavy atom. The van der Waals surface area contributed by atoms with Gasteiger partial charge in [-0.3, -0.25) is 4.79 Å². The molecule has 1 aliphatic heterocycles. The molecule has 2 atom stereocenters. The molecule has 132 valence electrons. The van der Waals surface area contributed by atoms with Crippen LogP contribution in [-0.2, 0) is 9.53 Å². The first-order chi connectivity index (χ1) is 11.8. The van der Waals surface area contributed by atoms with Crippen molar-refractivity contribution in [1.82, 2.24) is 0 Å². The maximum Gasteiger partial charge on any atom is 0.345 e. The number of hydrogen-bond acceptors (Lipinski definition) is 4. The molecule has 4 fully saturated rings. The van der Waals surface area contributed by atoms with E-state index in [1.54, 1.807) is 6.07 Å². The van der Waals surface area contributed by atoms with Gasteiger partial charge in [-0.25, -0.2) is 4.79 Å². The first kappa shape index (κ1) is 16.6. The predicted octanol–water partition coefficient (Wildman–Crippen LogP) is 4.05. The van der Waals surface area contributed by atoms with E-state index in [0.717, 1.165) is 26.4 Å². The molecule has 0 amide bonds. The van der Waals surface area contributed by atoms with Gasteiger partial charge >= 0.3 is 11.9 Å². The summed E-state index contributed by atoms with van der Waals surface area (Å²) in [7, 11) is 0. The molecule has 2 unspecified atom stereocenters. The lowest BCUT2D eigenvalue weighted by atomic mass is 9.47. The highest BCUT2D eigenvalue weighted by Crippen LogP contribution is 2.65. The Morgan fingerprint density at radius 1 is 1.12 bits per heavy atom. The molecular formula is C18H16I2O5. The van der Waals surface area contributed by atoms with Crippen LogP contribution in [0.25, 0.3) is 0 Å². The number of aliphatic carboxylic acids is 1. The molecule has 1 N–H and O–H groups in total.